The van der Waals surface area contributed by atoms with E-state index in [1.807, 2.05) is 18.2 Å². The smallest absolute Gasteiger partial charge is 0.218 e. The lowest BCUT2D eigenvalue weighted by Crippen LogP contribution is -1.95. The van der Waals surface area contributed by atoms with Gasteiger partial charge in [0.1, 0.15) is 0 Å². The standard InChI is InChI=1S/C13H9BrCl2NO/c1-7-10(15)6-11(17-13(7)18-2)8-4-3-5-9(14)12(8)16/h3-6H,1H2,2H3. The van der Waals surface area contributed by atoms with Crippen molar-refractivity contribution in [3.63, 3.8) is 0 Å². The summed E-state index contributed by atoms with van der Waals surface area (Å²) >= 11 is 15.7. The number of pyridine rings is 1. The molecule has 0 unspecified atom stereocenters. The predicted octanol–water partition coefficient (Wildman–Crippen LogP) is 5.01. The zero-order valence-corrected chi connectivity index (χ0v) is 12.6. The summed E-state index contributed by atoms with van der Waals surface area (Å²) in [7, 11) is 1.53. The Morgan fingerprint density at radius 1 is 1.33 bits per heavy atom. The Kier molecular flexibility index (Phi) is 4.15. The zero-order valence-electron chi connectivity index (χ0n) is 9.51. The van der Waals surface area contributed by atoms with Gasteiger partial charge in [-0.3, -0.25) is 0 Å². The summed E-state index contributed by atoms with van der Waals surface area (Å²) in [5.41, 5.74) is 2.00. The molecule has 0 aliphatic carbocycles. The molecule has 0 aliphatic heterocycles. The van der Waals surface area contributed by atoms with Crippen LogP contribution in [-0.4, -0.2) is 12.1 Å². The second kappa shape index (κ2) is 5.47. The molecule has 0 saturated heterocycles. The van der Waals surface area contributed by atoms with E-state index in [0.717, 1.165) is 10.0 Å². The van der Waals surface area contributed by atoms with E-state index in [9.17, 15) is 0 Å². The largest absolute Gasteiger partial charge is 0.481 e. The van der Waals surface area contributed by atoms with Gasteiger partial charge in [-0.15, -0.1) is 0 Å². The van der Waals surface area contributed by atoms with Gasteiger partial charge in [-0.2, -0.15) is 0 Å². The quantitative estimate of drug-likeness (QED) is 0.763. The van der Waals surface area contributed by atoms with Gasteiger partial charge >= 0.3 is 0 Å². The van der Waals surface area contributed by atoms with Gasteiger partial charge in [0.2, 0.25) is 5.88 Å². The molecule has 0 fully saturated rings. The van der Waals surface area contributed by atoms with Crippen LogP contribution in [0.1, 0.15) is 5.56 Å². The Morgan fingerprint density at radius 3 is 2.72 bits per heavy atom. The number of halogens is 3. The molecule has 5 heteroatoms. The van der Waals surface area contributed by atoms with Crippen molar-refractivity contribution in [2.75, 3.05) is 7.11 Å². The highest BCUT2D eigenvalue weighted by atomic mass is 79.9. The maximum atomic E-state index is 6.23. The summed E-state index contributed by atoms with van der Waals surface area (Å²) < 4.78 is 5.95. The van der Waals surface area contributed by atoms with Crippen LogP contribution in [0.3, 0.4) is 0 Å². The Hall–Kier alpha value is -0.770. The van der Waals surface area contributed by atoms with Crippen LogP contribution >= 0.6 is 39.1 Å². The van der Waals surface area contributed by atoms with E-state index in [2.05, 4.69) is 27.8 Å². The molecule has 0 spiro atoms. The Bertz CT molecular complexity index is 602. The molecule has 1 radical (unpaired) electrons. The van der Waals surface area contributed by atoms with Gasteiger partial charge < -0.3 is 4.74 Å². The van der Waals surface area contributed by atoms with Crippen LogP contribution in [0.2, 0.25) is 10.0 Å². The monoisotopic (exact) mass is 344 g/mol. The van der Waals surface area contributed by atoms with Gasteiger partial charge in [0.05, 0.1) is 22.8 Å². The zero-order chi connectivity index (χ0) is 13.3. The molecule has 1 aromatic heterocycles. The van der Waals surface area contributed by atoms with Crippen LogP contribution in [0.4, 0.5) is 0 Å². The van der Waals surface area contributed by atoms with Crippen LogP contribution in [0, 0.1) is 6.92 Å². The first-order valence-corrected chi connectivity index (χ1v) is 6.60. The molecule has 1 heterocycles. The number of ether oxygens (including phenoxy) is 1. The minimum Gasteiger partial charge on any atom is -0.481 e. The lowest BCUT2D eigenvalue weighted by Gasteiger charge is -2.10. The van der Waals surface area contributed by atoms with Crippen molar-refractivity contribution in [1.82, 2.24) is 4.98 Å². The predicted molar refractivity (Wildman–Crippen MR) is 78.4 cm³/mol. The summed E-state index contributed by atoms with van der Waals surface area (Å²) in [4.78, 5) is 4.35. The topological polar surface area (TPSA) is 22.1 Å². The number of hydrogen-bond donors (Lipinski definition) is 0. The number of benzene rings is 1. The fourth-order valence-corrected chi connectivity index (χ4v) is 2.30. The number of nitrogens with zero attached hydrogens (tertiary/aromatic N) is 1. The molecule has 0 N–H and O–H groups in total. The number of rotatable bonds is 2. The van der Waals surface area contributed by atoms with E-state index in [-0.39, 0.29) is 0 Å². The van der Waals surface area contributed by atoms with Crippen molar-refractivity contribution in [2.24, 2.45) is 0 Å². The van der Waals surface area contributed by atoms with Gasteiger partial charge in [0, 0.05) is 15.6 Å². The van der Waals surface area contributed by atoms with Crippen molar-refractivity contribution in [1.29, 1.82) is 0 Å². The highest BCUT2D eigenvalue weighted by Gasteiger charge is 2.13. The first-order chi connectivity index (χ1) is 8.54. The summed E-state index contributed by atoms with van der Waals surface area (Å²) in [6.07, 6.45) is 0. The van der Waals surface area contributed by atoms with Gasteiger partial charge in [0.15, 0.2) is 0 Å². The molecule has 0 aliphatic rings. The van der Waals surface area contributed by atoms with E-state index >= 15 is 0 Å². The molecule has 93 valence electrons. The van der Waals surface area contributed by atoms with Crippen molar-refractivity contribution in [2.45, 2.75) is 0 Å². The van der Waals surface area contributed by atoms with E-state index in [4.69, 9.17) is 27.9 Å². The molecular weight excluding hydrogens is 337 g/mol. The van der Waals surface area contributed by atoms with Crippen molar-refractivity contribution in [3.8, 4) is 17.1 Å². The first kappa shape index (κ1) is 13.7. The Balaban J connectivity index is 2.64. The van der Waals surface area contributed by atoms with Gasteiger partial charge in [-0.05, 0) is 35.0 Å². The van der Waals surface area contributed by atoms with Crippen molar-refractivity contribution in [3.05, 3.63) is 51.3 Å². The third-order valence-corrected chi connectivity index (χ3v) is 4.09. The van der Waals surface area contributed by atoms with Crippen molar-refractivity contribution >= 4 is 39.1 Å². The molecule has 2 rings (SSSR count). The Labute approximate surface area is 124 Å². The first-order valence-electron chi connectivity index (χ1n) is 5.05. The maximum Gasteiger partial charge on any atom is 0.218 e. The number of aromatic nitrogens is 1. The second-order valence-corrected chi connectivity index (χ2v) is 5.22. The number of hydrogen-bond acceptors (Lipinski definition) is 2. The normalized spacial score (nSPS) is 10.5. The highest BCUT2D eigenvalue weighted by molar-refractivity contribution is 9.10. The lowest BCUT2D eigenvalue weighted by molar-refractivity contribution is 0.396. The second-order valence-electron chi connectivity index (χ2n) is 3.58. The van der Waals surface area contributed by atoms with E-state index in [0.29, 0.717) is 27.2 Å². The van der Waals surface area contributed by atoms with E-state index in [1.165, 1.54) is 7.11 Å². The molecule has 1 aromatic carbocycles. The third kappa shape index (κ3) is 2.48. The highest BCUT2D eigenvalue weighted by Crippen LogP contribution is 2.36. The minimum absolute atomic E-state index is 0.397. The SMILES string of the molecule is [CH2]c1c(Cl)cc(-c2cccc(Br)c2Cl)nc1OC. The molecule has 0 bridgehead atoms. The fourth-order valence-electron chi connectivity index (χ4n) is 1.53. The van der Waals surface area contributed by atoms with Crippen LogP contribution in [0.15, 0.2) is 28.7 Å². The molecule has 0 saturated carbocycles. The summed E-state index contributed by atoms with van der Waals surface area (Å²) in [5, 5.41) is 1.08. The molecule has 2 aromatic rings. The molecule has 0 amide bonds. The third-order valence-electron chi connectivity index (χ3n) is 2.45. The summed E-state index contributed by atoms with van der Waals surface area (Å²) in [6, 6.07) is 7.33. The van der Waals surface area contributed by atoms with Crippen molar-refractivity contribution < 1.29 is 4.74 Å². The molecule has 0 atom stereocenters. The van der Waals surface area contributed by atoms with E-state index < -0.39 is 0 Å². The van der Waals surface area contributed by atoms with Gasteiger partial charge in [-0.25, -0.2) is 4.98 Å². The Morgan fingerprint density at radius 2 is 2.06 bits per heavy atom. The van der Waals surface area contributed by atoms with E-state index in [1.54, 1.807) is 6.07 Å². The molecule has 2 nitrogen and oxygen atoms in total. The molecule has 18 heavy (non-hydrogen) atoms. The van der Waals surface area contributed by atoms with Crippen LogP contribution in [0.5, 0.6) is 5.88 Å². The summed E-state index contributed by atoms with van der Waals surface area (Å²) in [6.45, 7) is 3.80. The van der Waals surface area contributed by atoms with Gasteiger partial charge in [0.25, 0.3) is 0 Å². The van der Waals surface area contributed by atoms with Crippen LogP contribution in [-0.2, 0) is 0 Å². The minimum atomic E-state index is 0.397. The average molecular weight is 346 g/mol. The maximum absolute atomic E-state index is 6.23. The lowest BCUT2D eigenvalue weighted by atomic mass is 10.1. The number of methoxy groups -OCH3 is 1. The summed E-state index contributed by atoms with van der Waals surface area (Å²) in [5.74, 6) is 0.397. The molecular formula is C13H9BrCl2NO. The average Bonchev–Trinajstić information content (AvgIpc) is 2.36. The van der Waals surface area contributed by atoms with Gasteiger partial charge in [-0.1, -0.05) is 35.3 Å². The van der Waals surface area contributed by atoms with Crippen LogP contribution in [0.25, 0.3) is 11.3 Å². The van der Waals surface area contributed by atoms with Crippen LogP contribution < -0.4 is 4.74 Å². The fraction of sp³-hybridized carbons (Fsp3) is 0.0769.